The van der Waals surface area contributed by atoms with Crippen LogP contribution in [-0.2, 0) is 27.8 Å². The van der Waals surface area contributed by atoms with Crippen molar-refractivity contribution in [3.05, 3.63) is 41.5 Å². The molecule has 162 valence electrons. The van der Waals surface area contributed by atoms with Crippen LogP contribution in [-0.4, -0.2) is 34.1 Å². The van der Waals surface area contributed by atoms with Crippen LogP contribution in [0.5, 0.6) is 17.2 Å². The van der Waals surface area contributed by atoms with Gasteiger partial charge in [0, 0.05) is 31.0 Å². The molecule has 2 aromatic rings. The molecule has 1 amide bonds. The van der Waals surface area contributed by atoms with Crippen molar-refractivity contribution in [3.8, 4) is 17.2 Å². The number of nitrogens with one attached hydrogen (secondary N) is 2. The number of carbonyl (C=O) groups is 1. The highest BCUT2D eigenvalue weighted by Gasteiger charge is 2.23. The summed E-state index contributed by atoms with van der Waals surface area (Å²) in [6.07, 6.45) is 0.868. The van der Waals surface area contributed by atoms with Gasteiger partial charge >= 0.3 is 0 Å². The lowest BCUT2D eigenvalue weighted by Crippen LogP contribution is -2.24. The number of fused-ring (bicyclic) bond motifs is 1. The van der Waals surface area contributed by atoms with E-state index >= 15 is 0 Å². The summed E-state index contributed by atoms with van der Waals surface area (Å²) in [7, 11) is -2.41. The van der Waals surface area contributed by atoms with Crippen LogP contribution in [0, 0.1) is 0 Å². The van der Waals surface area contributed by atoms with Crippen molar-refractivity contribution in [2.24, 2.45) is 0 Å². The van der Waals surface area contributed by atoms with Gasteiger partial charge in [0.2, 0.25) is 15.9 Å². The molecule has 2 N–H and O–H groups in total. The molecule has 9 heteroatoms. The van der Waals surface area contributed by atoms with E-state index in [0.29, 0.717) is 23.7 Å². The lowest BCUT2D eigenvalue weighted by molar-refractivity contribution is -0.114. The number of rotatable bonds is 8. The van der Waals surface area contributed by atoms with Crippen LogP contribution >= 0.6 is 0 Å². The van der Waals surface area contributed by atoms with Gasteiger partial charge in [-0.05, 0) is 44.2 Å². The molecule has 2 aromatic carbocycles. The van der Waals surface area contributed by atoms with Crippen molar-refractivity contribution >= 4 is 21.6 Å². The normalized spacial score (nSPS) is 15.3. The molecule has 0 aliphatic carbocycles. The topological polar surface area (TPSA) is 103 Å². The zero-order chi connectivity index (χ0) is 21.9. The lowest BCUT2D eigenvalue weighted by Gasteiger charge is -2.15. The summed E-state index contributed by atoms with van der Waals surface area (Å²) in [6, 6.07) is 8.01. The average Bonchev–Trinajstić information content (AvgIpc) is 3.04. The number of methoxy groups -OCH3 is 1. The van der Waals surface area contributed by atoms with Gasteiger partial charge in [0.1, 0.15) is 23.4 Å². The molecular formula is C21H26N2O6S. The van der Waals surface area contributed by atoms with E-state index in [1.807, 2.05) is 26.0 Å². The molecule has 3 rings (SSSR count). The van der Waals surface area contributed by atoms with Gasteiger partial charge in [-0.2, -0.15) is 0 Å². The molecule has 0 saturated heterocycles. The van der Waals surface area contributed by atoms with E-state index in [9.17, 15) is 13.2 Å². The lowest BCUT2D eigenvalue weighted by atomic mass is 10.1. The molecule has 0 unspecified atom stereocenters. The molecule has 0 aromatic heterocycles. The number of hydrogen-bond acceptors (Lipinski definition) is 6. The summed E-state index contributed by atoms with van der Waals surface area (Å²) < 4.78 is 45.0. The molecule has 1 atom stereocenters. The minimum absolute atomic E-state index is 0.0102. The molecule has 0 saturated carbocycles. The van der Waals surface area contributed by atoms with Gasteiger partial charge < -0.3 is 19.5 Å². The Morgan fingerprint density at radius 2 is 2.00 bits per heavy atom. The minimum Gasteiger partial charge on any atom is -0.495 e. The van der Waals surface area contributed by atoms with Crippen molar-refractivity contribution in [1.29, 1.82) is 0 Å². The van der Waals surface area contributed by atoms with Crippen molar-refractivity contribution in [2.75, 3.05) is 19.0 Å². The van der Waals surface area contributed by atoms with E-state index in [1.54, 1.807) is 0 Å². The Morgan fingerprint density at radius 3 is 2.67 bits per heavy atom. The molecule has 1 aliphatic rings. The van der Waals surface area contributed by atoms with Crippen LogP contribution in [0.15, 0.2) is 35.2 Å². The molecule has 8 nitrogen and oxygen atoms in total. The number of sulfonamides is 1. The second-order valence-electron chi connectivity index (χ2n) is 7.00. The van der Waals surface area contributed by atoms with Crippen LogP contribution in [0.25, 0.3) is 0 Å². The summed E-state index contributed by atoms with van der Waals surface area (Å²) in [4.78, 5) is 11.4. The van der Waals surface area contributed by atoms with Gasteiger partial charge in [0.15, 0.2) is 0 Å². The Kier molecular flexibility index (Phi) is 6.52. The van der Waals surface area contributed by atoms with Gasteiger partial charge in [-0.1, -0.05) is 0 Å². The zero-order valence-corrected chi connectivity index (χ0v) is 18.3. The summed E-state index contributed by atoms with van der Waals surface area (Å²) >= 11 is 0. The Labute approximate surface area is 176 Å². The van der Waals surface area contributed by atoms with Crippen LogP contribution in [0.2, 0.25) is 0 Å². The van der Waals surface area contributed by atoms with Gasteiger partial charge in [-0.3, -0.25) is 4.79 Å². The fourth-order valence-electron chi connectivity index (χ4n) is 3.31. The van der Waals surface area contributed by atoms with E-state index in [-0.39, 0.29) is 29.1 Å². The molecule has 30 heavy (non-hydrogen) atoms. The van der Waals surface area contributed by atoms with Crippen molar-refractivity contribution in [1.82, 2.24) is 4.72 Å². The Hall–Kier alpha value is -2.78. The maximum atomic E-state index is 12.9. The summed E-state index contributed by atoms with van der Waals surface area (Å²) in [6.45, 7) is 5.70. The van der Waals surface area contributed by atoms with E-state index in [1.165, 1.54) is 32.2 Å². The maximum absolute atomic E-state index is 12.9. The van der Waals surface area contributed by atoms with Crippen LogP contribution in [0.3, 0.4) is 0 Å². The van der Waals surface area contributed by atoms with E-state index in [0.717, 1.165) is 17.7 Å². The van der Waals surface area contributed by atoms with E-state index in [2.05, 4.69) is 10.0 Å². The molecule has 1 aliphatic heterocycles. The molecule has 0 bridgehead atoms. The predicted octanol–water partition coefficient (Wildman–Crippen LogP) is 2.85. The van der Waals surface area contributed by atoms with Gasteiger partial charge in [-0.15, -0.1) is 0 Å². The Bertz CT molecular complexity index is 1050. The minimum atomic E-state index is -3.85. The van der Waals surface area contributed by atoms with E-state index in [4.69, 9.17) is 14.2 Å². The monoisotopic (exact) mass is 434 g/mol. The zero-order valence-electron chi connectivity index (χ0n) is 17.4. The first-order valence-corrected chi connectivity index (χ1v) is 11.1. The third kappa shape index (κ3) is 4.85. The Morgan fingerprint density at radius 1 is 1.23 bits per heavy atom. The summed E-state index contributed by atoms with van der Waals surface area (Å²) in [5.74, 6) is 1.42. The first kappa shape index (κ1) is 21.9. The number of ether oxygens (including phenoxy) is 3. The Balaban J connectivity index is 1.85. The first-order chi connectivity index (χ1) is 14.2. The number of anilines is 1. The van der Waals surface area contributed by atoms with Gasteiger partial charge in [-0.25, -0.2) is 13.1 Å². The third-order valence-corrected chi connectivity index (χ3v) is 6.02. The smallest absolute Gasteiger partial charge is 0.240 e. The molecule has 0 spiro atoms. The van der Waals surface area contributed by atoms with Crippen LogP contribution in [0.1, 0.15) is 31.9 Å². The van der Waals surface area contributed by atoms with Crippen LogP contribution < -0.4 is 24.2 Å². The second kappa shape index (κ2) is 8.93. The maximum Gasteiger partial charge on any atom is 0.240 e. The second-order valence-corrected chi connectivity index (χ2v) is 8.77. The van der Waals surface area contributed by atoms with Crippen LogP contribution in [0.4, 0.5) is 5.69 Å². The largest absolute Gasteiger partial charge is 0.495 e. The highest BCUT2D eigenvalue weighted by atomic mass is 32.2. The predicted molar refractivity (Wildman–Crippen MR) is 113 cm³/mol. The standard InChI is InChI=1S/C21H26N2O6S/c1-5-28-20-9-15-8-13(2)29-21(15)10-16(20)12-22-30(25,26)17-6-7-19(27-4)18(11-17)23-14(3)24/h6-7,9-11,13,22H,5,8,12H2,1-4H3,(H,23,24)/t13-/m0/s1. The molecule has 1 heterocycles. The number of carbonyl (C=O) groups excluding carboxylic acids is 1. The average molecular weight is 435 g/mol. The molecular weight excluding hydrogens is 408 g/mol. The SMILES string of the molecule is CCOc1cc2c(cc1CNS(=O)(=O)c1ccc(OC)c(NC(C)=O)c1)O[C@@H](C)C2. The number of hydrogen-bond donors (Lipinski definition) is 2. The van der Waals surface area contributed by atoms with Crippen molar-refractivity contribution in [2.45, 2.75) is 44.7 Å². The fourth-order valence-corrected chi connectivity index (χ4v) is 4.34. The number of amides is 1. The first-order valence-electron chi connectivity index (χ1n) is 9.64. The molecule has 0 radical (unpaired) electrons. The van der Waals surface area contributed by atoms with Gasteiger partial charge in [0.05, 0.1) is 24.3 Å². The summed E-state index contributed by atoms with van der Waals surface area (Å²) in [5, 5.41) is 2.58. The highest BCUT2D eigenvalue weighted by Crippen LogP contribution is 2.35. The quantitative estimate of drug-likeness (QED) is 0.662. The molecule has 0 fully saturated rings. The van der Waals surface area contributed by atoms with Crippen molar-refractivity contribution in [3.63, 3.8) is 0 Å². The highest BCUT2D eigenvalue weighted by molar-refractivity contribution is 7.89. The fraction of sp³-hybridized carbons (Fsp3) is 0.381. The van der Waals surface area contributed by atoms with E-state index < -0.39 is 10.0 Å². The summed E-state index contributed by atoms with van der Waals surface area (Å²) in [5.41, 5.74) is 2.01. The van der Waals surface area contributed by atoms with Gasteiger partial charge in [0.25, 0.3) is 0 Å². The van der Waals surface area contributed by atoms with Crippen molar-refractivity contribution < 1.29 is 27.4 Å². The third-order valence-electron chi connectivity index (χ3n) is 4.62. The number of benzene rings is 2.